The average molecular weight is 381 g/mol. The molecule has 26 heavy (non-hydrogen) atoms. The molecular weight excluding hydrogens is 354 g/mol. The Balaban J connectivity index is 1.65. The smallest absolute Gasteiger partial charge is 0.333 e. The number of rotatable bonds is 3. The van der Waals surface area contributed by atoms with E-state index in [1.54, 1.807) is 7.11 Å². The molecule has 3 aliphatic carbocycles. The molecule has 144 valence electrons. The maximum Gasteiger partial charge on any atom is 0.333 e. The van der Waals surface area contributed by atoms with Gasteiger partial charge in [-0.3, -0.25) is 4.18 Å². The first kappa shape index (κ1) is 18.1. The molecular formula is C19H27NO5S. The Kier molecular flexibility index (Phi) is 4.24. The zero-order valence-electron chi connectivity index (χ0n) is 15.3. The van der Waals surface area contributed by atoms with Crippen LogP contribution in [-0.2, 0) is 20.9 Å². The van der Waals surface area contributed by atoms with Crippen molar-refractivity contribution in [2.75, 3.05) is 7.11 Å². The number of aryl methyl sites for hydroxylation is 1. The monoisotopic (exact) mass is 381 g/mol. The van der Waals surface area contributed by atoms with Gasteiger partial charge >= 0.3 is 10.3 Å². The largest absolute Gasteiger partial charge is 0.504 e. The SMILES string of the molecule is COc1cc2c(cc1O)CC[C@@H]1[C@@H]2CC[C@]2(C)C(OS(N)(=O)=O)CC[C@@H]12. The number of aromatic hydroxyl groups is 1. The lowest BCUT2D eigenvalue weighted by molar-refractivity contribution is -0.00806. The van der Waals surface area contributed by atoms with Crippen LogP contribution in [0.3, 0.4) is 0 Å². The van der Waals surface area contributed by atoms with Gasteiger partial charge < -0.3 is 9.84 Å². The van der Waals surface area contributed by atoms with E-state index in [2.05, 4.69) is 6.92 Å². The van der Waals surface area contributed by atoms with Crippen molar-refractivity contribution in [3.05, 3.63) is 23.3 Å². The van der Waals surface area contributed by atoms with Gasteiger partial charge in [-0.15, -0.1) is 0 Å². The van der Waals surface area contributed by atoms with Crippen molar-refractivity contribution < 1.29 is 22.4 Å². The van der Waals surface area contributed by atoms with E-state index < -0.39 is 10.3 Å². The van der Waals surface area contributed by atoms with Gasteiger partial charge in [0, 0.05) is 0 Å². The molecule has 5 atom stereocenters. The van der Waals surface area contributed by atoms with Crippen molar-refractivity contribution in [1.29, 1.82) is 0 Å². The van der Waals surface area contributed by atoms with Crippen molar-refractivity contribution in [3.63, 3.8) is 0 Å². The molecule has 2 fully saturated rings. The zero-order chi connectivity index (χ0) is 18.7. The van der Waals surface area contributed by atoms with Crippen molar-refractivity contribution in [1.82, 2.24) is 0 Å². The van der Waals surface area contributed by atoms with Crippen LogP contribution in [0.2, 0.25) is 0 Å². The maximum atomic E-state index is 11.5. The molecule has 1 aromatic carbocycles. The van der Waals surface area contributed by atoms with Gasteiger partial charge in [-0.1, -0.05) is 6.92 Å². The van der Waals surface area contributed by atoms with Crippen LogP contribution < -0.4 is 9.88 Å². The number of phenols is 1. The maximum absolute atomic E-state index is 11.5. The lowest BCUT2D eigenvalue weighted by Crippen LogP contribution is -2.45. The molecule has 0 saturated heterocycles. The minimum absolute atomic E-state index is 0.147. The zero-order valence-corrected chi connectivity index (χ0v) is 16.1. The minimum Gasteiger partial charge on any atom is -0.504 e. The standard InChI is InChI=1S/C19H27NO5S/c1-19-8-7-12-13(15(19)5-6-18(19)25-26(20,22)23)4-3-11-9-16(21)17(24-2)10-14(11)12/h9-10,12-13,15,18,21H,3-8H2,1-2H3,(H2,20,22,23)/t12-,13+,15-,18?,19-/m0/s1. The van der Waals surface area contributed by atoms with E-state index in [4.69, 9.17) is 14.1 Å². The van der Waals surface area contributed by atoms with Gasteiger partial charge in [0.2, 0.25) is 0 Å². The predicted molar refractivity (Wildman–Crippen MR) is 97.3 cm³/mol. The molecule has 0 aliphatic heterocycles. The first-order valence-corrected chi connectivity index (χ1v) is 10.8. The number of fused-ring (bicyclic) bond motifs is 5. The van der Waals surface area contributed by atoms with E-state index in [9.17, 15) is 13.5 Å². The highest BCUT2D eigenvalue weighted by Crippen LogP contribution is 2.62. The molecule has 3 N–H and O–H groups in total. The summed E-state index contributed by atoms with van der Waals surface area (Å²) in [5, 5.41) is 15.2. The van der Waals surface area contributed by atoms with Gasteiger partial charge in [-0.05, 0) is 85.0 Å². The highest BCUT2D eigenvalue weighted by Gasteiger charge is 2.56. The molecule has 0 aromatic heterocycles. The summed E-state index contributed by atoms with van der Waals surface area (Å²) in [4.78, 5) is 0. The Bertz CT molecular complexity index is 823. The molecule has 0 amide bonds. The molecule has 0 bridgehead atoms. The molecule has 7 heteroatoms. The molecule has 0 radical (unpaired) electrons. The number of methoxy groups -OCH3 is 1. The molecule has 4 rings (SSSR count). The van der Waals surface area contributed by atoms with E-state index in [1.807, 2.05) is 12.1 Å². The Morgan fingerprint density at radius 3 is 2.69 bits per heavy atom. The second-order valence-corrected chi connectivity index (χ2v) is 9.52. The average Bonchev–Trinajstić information content (AvgIpc) is 2.89. The van der Waals surface area contributed by atoms with E-state index in [-0.39, 0.29) is 17.3 Å². The molecule has 0 heterocycles. The number of phenolic OH excluding ortho intramolecular Hbond substituents is 1. The Morgan fingerprint density at radius 2 is 2.00 bits per heavy atom. The van der Waals surface area contributed by atoms with Crippen LogP contribution in [0.5, 0.6) is 11.5 Å². The van der Waals surface area contributed by atoms with Gasteiger partial charge in [0.05, 0.1) is 13.2 Å². The van der Waals surface area contributed by atoms with Crippen molar-refractivity contribution in [2.24, 2.45) is 22.4 Å². The van der Waals surface area contributed by atoms with E-state index in [1.165, 1.54) is 11.1 Å². The fraction of sp³-hybridized carbons (Fsp3) is 0.684. The van der Waals surface area contributed by atoms with E-state index >= 15 is 0 Å². The highest BCUT2D eigenvalue weighted by atomic mass is 32.2. The summed E-state index contributed by atoms with van der Waals surface area (Å²) in [5.74, 6) is 2.09. The molecule has 6 nitrogen and oxygen atoms in total. The summed E-state index contributed by atoms with van der Waals surface area (Å²) < 4.78 is 33.5. The summed E-state index contributed by atoms with van der Waals surface area (Å²) >= 11 is 0. The van der Waals surface area contributed by atoms with Crippen molar-refractivity contribution >= 4 is 10.3 Å². The second kappa shape index (κ2) is 6.11. The van der Waals surface area contributed by atoms with Gasteiger partial charge in [-0.2, -0.15) is 8.42 Å². The summed E-state index contributed by atoms with van der Waals surface area (Å²) in [6.07, 6.45) is 5.30. The van der Waals surface area contributed by atoms with Crippen LogP contribution >= 0.6 is 0 Å². The van der Waals surface area contributed by atoms with Crippen LogP contribution in [0.4, 0.5) is 0 Å². The highest BCUT2D eigenvalue weighted by molar-refractivity contribution is 7.84. The van der Waals surface area contributed by atoms with Crippen LogP contribution in [-0.4, -0.2) is 26.7 Å². The van der Waals surface area contributed by atoms with Gasteiger partial charge in [0.1, 0.15) is 0 Å². The first-order chi connectivity index (χ1) is 12.2. The lowest BCUT2D eigenvalue weighted by Gasteiger charge is -2.50. The normalized spacial score (nSPS) is 36.1. The lowest BCUT2D eigenvalue weighted by atomic mass is 9.55. The fourth-order valence-electron chi connectivity index (χ4n) is 6.02. The third kappa shape index (κ3) is 2.80. The molecule has 2 saturated carbocycles. The van der Waals surface area contributed by atoms with E-state index in [0.29, 0.717) is 23.5 Å². The molecule has 3 aliphatic rings. The Labute approximate surface area is 154 Å². The van der Waals surface area contributed by atoms with Crippen molar-refractivity contribution in [2.45, 2.75) is 57.5 Å². The third-order valence-corrected chi connectivity index (χ3v) is 7.69. The fourth-order valence-corrected chi connectivity index (χ4v) is 6.66. The number of hydrogen-bond acceptors (Lipinski definition) is 5. The predicted octanol–water partition coefficient (Wildman–Crippen LogP) is 2.85. The number of hydrogen-bond donors (Lipinski definition) is 2. The van der Waals surface area contributed by atoms with Gasteiger partial charge in [0.25, 0.3) is 0 Å². The van der Waals surface area contributed by atoms with Gasteiger partial charge in [-0.25, -0.2) is 5.14 Å². The summed E-state index contributed by atoms with van der Waals surface area (Å²) in [6, 6.07) is 3.84. The number of benzene rings is 1. The van der Waals surface area contributed by atoms with Crippen LogP contribution in [0, 0.1) is 17.3 Å². The number of ether oxygens (including phenoxy) is 1. The molecule has 1 aromatic rings. The van der Waals surface area contributed by atoms with Gasteiger partial charge in [0.15, 0.2) is 11.5 Å². The molecule has 0 spiro atoms. The van der Waals surface area contributed by atoms with Crippen molar-refractivity contribution in [3.8, 4) is 11.5 Å². The summed E-state index contributed by atoms with van der Waals surface area (Å²) in [5.41, 5.74) is 2.35. The first-order valence-electron chi connectivity index (χ1n) is 9.33. The molecule has 1 unspecified atom stereocenters. The second-order valence-electron chi connectivity index (χ2n) is 8.34. The Hall–Kier alpha value is -1.31. The number of nitrogens with two attached hydrogens (primary N) is 1. The quantitative estimate of drug-likeness (QED) is 0.839. The topological polar surface area (TPSA) is 98.8 Å². The summed E-state index contributed by atoms with van der Waals surface area (Å²) in [7, 11) is -2.36. The van der Waals surface area contributed by atoms with Crippen LogP contribution in [0.1, 0.15) is 56.1 Å². The summed E-state index contributed by atoms with van der Waals surface area (Å²) in [6.45, 7) is 2.17. The minimum atomic E-state index is -3.93. The Morgan fingerprint density at radius 1 is 1.23 bits per heavy atom. The third-order valence-electron chi connectivity index (χ3n) is 7.19. The van der Waals surface area contributed by atoms with Crippen LogP contribution in [0.15, 0.2) is 12.1 Å². The van der Waals surface area contributed by atoms with E-state index in [0.717, 1.165) is 38.5 Å². The van der Waals surface area contributed by atoms with Crippen LogP contribution in [0.25, 0.3) is 0 Å².